The highest BCUT2D eigenvalue weighted by molar-refractivity contribution is 7.88. The van der Waals surface area contributed by atoms with Crippen molar-refractivity contribution in [3.05, 3.63) is 18.6 Å². The van der Waals surface area contributed by atoms with Gasteiger partial charge in [0.05, 0.1) is 12.5 Å². The summed E-state index contributed by atoms with van der Waals surface area (Å²) in [5.74, 6) is 0.373. The van der Waals surface area contributed by atoms with Crippen molar-refractivity contribution in [3.63, 3.8) is 0 Å². The van der Waals surface area contributed by atoms with E-state index in [4.69, 9.17) is 0 Å². The first kappa shape index (κ1) is 13.7. The zero-order valence-corrected chi connectivity index (χ0v) is 11.3. The average molecular weight is 285 g/mol. The van der Waals surface area contributed by atoms with Gasteiger partial charge in [-0.3, -0.25) is 10.3 Å². The fraction of sp³-hybridized carbons (Fsp3) is 0.500. The number of hydrogen-bond donors (Lipinski definition) is 1. The number of nitrogens with one attached hydrogen (secondary N) is 1. The van der Waals surface area contributed by atoms with E-state index in [2.05, 4.69) is 15.3 Å². The molecule has 0 spiro atoms. The molecule has 1 saturated heterocycles. The summed E-state index contributed by atoms with van der Waals surface area (Å²) >= 11 is 0. The van der Waals surface area contributed by atoms with Crippen LogP contribution in [0.5, 0.6) is 0 Å². The molecule has 0 unspecified atom stereocenters. The normalized spacial score (nSPS) is 17.2. The van der Waals surface area contributed by atoms with Crippen molar-refractivity contribution in [1.82, 2.24) is 19.2 Å². The fourth-order valence-electron chi connectivity index (χ4n) is 1.78. The smallest absolute Gasteiger partial charge is 0.322 e. The summed E-state index contributed by atoms with van der Waals surface area (Å²) in [7, 11) is -3.18. The third kappa shape index (κ3) is 3.61. The third-order valence-electron chi connectivity index (χ3n) is 2.79. The summed E-state index contributed by atoms with van der Waals surface area (Å²) in [5.41, 5.74) is 0. The minimum Gasteiger partial charge on any atom is -0.322 e. The quantitative estimate of drug-likeness (QED) is 0.796. The highest BCUT2D eigenvalue weighted by atomic mass is 32.2. The summed E-state index contributed by atoms with van der Waals surface area (Å²) in [6, 6.07) is -0.298. The van der Waals surface area contributed by atoms with Gasteiger partial charge in [-0.1, -0.05) is 0 Å². The molecule has 1 aliphatic heterocycles. The highest BCUT2D eigenvalue weighted by Gasteiger charge is 2.26. The topological polar surface area (TPSA) is 95.5 Å². The van der Waals surface area contributed by atoms with Crippen LogP contribution in [-0.2, 0) is 10.0 Å². The van der Waals surface area contributed by atoms with E-state index in [9.17, 15) is 13.2 Å². The number of hydrogen-bond acceptors (Lipinski definition) is 5. The monoisotopic (exact) mass is 285 g/mol. The molecule has 8 nitrogen and oxygen atoms in total. The van der Waals surface area contributed by atoms with Crippen LogP contribution in [0.2, 0.25) is 0 Å². The maximum atomic E-state index is 11.9. The maximum Gasteiger partial charge on any atom is 0.323 e. The van der Waals surface area contributed by atoms with Gasteiger partial charge in [-0.25, -0.2) is 18.2 Å². The molecular weight excluding hydrogens is 270 g/mol. The Morgan fingerprint density at radius 2 is 1.95 bits per heavy atom. The molecule has 2 heterocycles. The minimum absolute atomic E-state index is 0.298. The average Bonchev–Trinajstić information content (AvgIpc) is 2.39. The molecule has 1 N–H and O–H groups in total. The number of aromatic nitrogens is 2. The first-order valence-electron chi connectivity index (χ1n) is 5.74. The largest absolute Gasteiger partial charge is 0.323 e. The Balaban J connectivity index is 1.90. The van der Waals surface area contributed by atoms with Gasteiger partial charge in [0.2, 0.25) is 10.0 Å². The van der Waals surface area contributed by atoms with Gasteiger partial charge < -0.3 is 4.90 Å². The van der Waals surface area contributed by atoms with Crippen molar-refractivity contribution in [2.75, 3.05) is 37.8 Å². The van der Waals surface area contributed by atoms with Crippen LogP contribution in [-0.4, -0.2) is 66.1 Å². The van der Waals surface area contributed by atoms with Crippen molar-refractivity contribution in [3.8, 4) is 0 Å². The van der Waals surface area contributed by atoms with Crippen molar-refractivity contribution in [2.45, 2.75) is 0 Å². The highest BCUT2D eigenvalue weighted by Crippen LogP contribution is 2.08. The van der Waals surface area contributed by atoms with Crippen LogP contribution in [0.4, 0.5) is 10.6 Å². The van der Waals surface area contributed by atoms with Crippen LogP contribution >= 0.6 is 0 Å². The van der Waals surface area contributed by atoms with Gasteiger partial charge in [0.15, 0.2) is 5.82 Å². The molecule has 19 heavy (non-hydrogen) atoms. The first-order chi connectivity index (χ1) is 8.97. The lowest BCUT2D eigenvalue weighted by atomic mass is 10.4. The van der Waals surface area contributed by atoms with Gasteiger partial charge in [-0.15, -0.1) is 0 Å². The van der Waals surface area contributed by atoms with Crippen molar-refractivity contribution < 1.29 is 13.2 Å². The Morgan fingerprint density at radius 3 is 2.47 bits per heavy atom. The number of nitrogens with zero attached hydrogens (tertiary/aromatic N) is 4. The fourth-order valence-corrected chi connectivity index (χ4v) is 2.60. The van der Waals surface area contributed by atoms with Gasteiger partial charge in [0, 0.05) is 38.6 Å². The molecule has 0 atom stereocenters. The van der Waals surface area contributed by atoms with Crippen LogP contribution in [0.3, 0.4) is 0 Å². The van der Waals surface area contributed by atoms with Crippen molar-refractivity contribution in [1.29, 1.82) is 0 Å². The van der Waals surface area contributed by atoms with E-state index >= 15 is 0 Å². The zero-order valence-electron chi connectivity index (χ0n) is 10.5. The Kier molecular flexibility index (Phi) is 3.96. The Hall–Kier alpha value is -1.74. The molecule has 0 aliphatic carbocycles. The molecule has 0 bridgehead atoms. The van der Waals surface area contributed by atoms with Crippen LogP contribution in [0.15, 0.2) is 18.6 Å². The van der Waals surface area contributed by atoms with E-state index in [1.165, 1.54) is 29.2 Å². The second-order valence-electron chi connectivity index (χ2n) is 4.17. The number of sulfonamides is 1. The molecule has 0 radical (unpaired) electrons. The lowest BCUT2D eigenvalue weighted by Crippen LogP contribution is -2.51. The second kappa shape index (κ2) is 5.49. The maximum absolute atomic E-state index is 11.9. The van der Waals surface area contributed by atoms with Crippen LogP contribution in [0.1, 0.15) is 0 Å². The number of rotatable bonds is 2. The standard InChI is InChI=1S/C10H15N5O3S/c1-19(17,18)15-6-4-14(5-7-15)10(16)13-9-8-11-2-3-12-9/h2-3,8H,4-7H2,1H3,(H,12,13,16). The molecule has 0 aromatic carbocycles. The van der Waals surface area contributed by atoms with E-state index in [1.54, 1.807) is 4.90 Å². The summed E-state index contributed by atoms with van der Waals surface area (Å²) < 4.78 is 24.0. The van der Waals surface area contributed by atoms with Gasteiger partial charge in [0.1, 0.15) is 0 Å². The molecule has 1 aromatic rings. The minimum atomic E-state index is -3.18. The van der Waals surface area contributed by atoms with E-state index in [0.29, 0.717) is 32.0 Å². The van der Waals surface area contributed by atoms with Crippen LogP contribution in [0, 0.1) is 0 Å². The molecule has 0 saturated carbocycles. The molecular formula is C10H15N5O3S. The molecule has 2 amide bonds. The zero-order chi connectivity index (χ0) is 13.9. The predicted molar refractivity (Wildman–Crippen MR) is 69.0 cm³/mol. The summed E-state index contributed by atoms with van der Waals surface area (Å²) in [5, 5.41) is 2.61. The first-order valence-corrected chi connectivity index (χ1v) is 7.59. The molecule has 104 valence electrons. The Bertz CT molecular complexity index is 540. The van der Waals surface area contributed by atoms with Gasteiger partial charge in [-0.2, -0.15) is 4.31 Å². The van der Waals surface area contributed by atoms with Gasteiger partial charge >= 0.3 is 6.03 Å². The number of carbonyl (C=O) groups excluding carboxylic acids is 1. The second-order valence-corrected chi connectivity index (χ2v) is 6.15. The SMILES string of the molecule is CS(=O)(=O)N1CCN(C(=O)Nc2cnccn2)CC1. The summed E-state index contributed by atoms with van der Waals surface area (Å²) in [6.45, 7) is 1.35. The molecule has 1 fully saturated rings. The lowest BCUT2D eigenvalue weighted by Gasteiger charge is -2.33. The number of urea groups is 1. The Morgan fingerprint density at radius 1 is 1.26 bits per heavy atom. The number of anilines is 1. The predicted octanol–water partition coefficient (Wildman–Crippen LogP) is -0.414. The number of carbonyl (C=O) groups is 1. The van der Waals surface area contributed by atoms with E-state index < -0.39 is 10.0 Å². The lowest BCUT2D eigenvalue weighted by molar-refractivity contribution is 0.184. The summed E-state index contributed by atoms with van der Waals surface area (Å²) in [4.78, 5) is 21.2. The molecule has 1 aliphatic rings. The third-order valence-corrected chi connectivity index (χ3v) is 4.10. The number of piperazine rings is 1. The molecule has 9 heteroatoms. The molecule has 1 aromatic heterocycles. The Labute approximate surface area is 111 Å². The van der Waals surface area contributed by atoms with Crippen molar-refractivity contribution in [2.24, 2.45) is 0 Å². The van der Waals surface area contributed by atoms with Crippen LogP contribution in [0.25, 0.3) is 0 Å². The summed E-state index contributed by atoms with van der Waals surface area (Å²) in [6.07, 6.45) is 5.62. The van der Waals surface area contributed by atoms with E-state index in [1.807, 2.05) is 0 Å². The van der Waals surface area contributed by atoms with Crippen molar-refractivity contribution >= 4 is 21.9 Å². The van der Waals surface area contributed by atoms with Gasteiger partial charge in [0.25, 0.3) is 0 Å². The molecule has 2 rings (SSSR count). The van der Waals surface area contributed by atoms with Gasteiger partial charge in [-0.05, 0) is 0 Å². The van der Waals surface area contributed by atoms with E-state index in [-0.39, 0.29) is 6.03 Å². The number of amides is 2. The van der Waals surface area contributed by atoms with E-state index in [0.717, 1.165) is 0 Å². The van der Waals surface area contributed by atoms with Crippen LogP contribution < -0.4 is 5.32 Å².